The first-order valence-electron chi connectivity index (χ1n) is 7.17. The van der Waals surface area contributed by atoms with Gasteiger partial charge in [0.25, 0.3) is 0 Å². The lowest BCUT2D eigenvalue weighted by atomic mass is 10.2. The maximum atomic E-state index is 5.15. The van der Waals surface area contributed by atoms with Crippen LogP contribution in [0.3, 0.4) is 0 Å². The minimum atomic E-state index is 0.794. The Morgan fingerprint density at radius 1 is 1.20 bits per heavy atom. The first-order valence-corrected chi connectivity index (χ1v) is 7.17. The van der Waals surface area contributed by atoms with Crippen LogP contribution in [0.2, 0.25) is 0 Å². The van der Waals surface area contributed by atoms with Crippen LogP contribution in [0, 0.1) is 0 Å². The quantitative estimate of drug-likeness (QED) is 0.803. The van der Waals surface area contributed by atoms with Gasteiger partial charge in [-0.3, -0.25) is 0 Å². The first kappa shape index (κ1) is 14.6. The van der Waals surface area contributed by atoms with Gasteiger partial charge < -0.3 is 14.6 Å². The van der Waals surface area contributed by atoms with Crippen molar-refractivity contribution < 1.29 is 4.74 Å². The second-order valence-electron chi connectivity index (χ2n) is 4.84. The predicted octanol–water partition coefficient (Wildman–Crippen LogP) is 2.98. The molecule has 0 unspecified atom stereocenters. The Balaban J connectivity index is 1.81. The lowest BCUT2D eigenvalue weighted by Gasteiger charge is -2.09. The molecule has 0 saturated heterocycles. The fourth-order valence-electron chi connectivity index (χ4n) is 2.10. The zero-order valence-electron chi connectivity index (χ0n) is 12.3. The maximum absolute atomic E-state index is 5.15. The number of hydrogen-bond donors (Lipinski definition) is 1. The SMILES string of the molecule is CCCCn1ccnc1CNCc1ccc(OC)cc1. The highest BCUT2D eigenvalue weighted by Gasteiger charge is 2.02. The molecule has 0 amide bonds. The van der Waals surface area contributed by atoms with E-state index in [4.69, 9.17) is 4.74 Å². The normalized spacial score (nSPS) is 10.7. The van der Waals surface area contributed by atoms with Gasteiger partial charge in [0.15, 0.2) is 0 Å². The van der Waals surface area contributed by atoms with E-state index in [0.29, 0.717) is 0 Å². The van der Waals surface area contributed by atoms with Crippen molar-refractivity contribution in [2.75, 3.05) is 7.11 Å². The molecular weight excluding hydrogens is 250 g/mol. The summed E-state index contributed by atoms with van der Waals surface area (Å²) in [5, 5.41) is 3.43. The molecule has 0 spiro atoms. The molecule has 108 valence electrons. The zero-order chi connectivity index (χ0) is 14.2. The van der Waals surface area contributed by atoms with Gasteiger partial charge in [0.2, 0.25) is 0 Å². The molecule has 20 heavy (non-hydrogen) atoms. The van der Waals surface area contributed by atoms with E-state index in [1.165, 1.54) is 18.4 Å². The van der Waals surface area contributed by atoms with Gasteiger partial charge in [-0.25, -0.2) is 4.98 Å². The number of nitrogens with zero attached hydrogens (tertiary/aromatic N) is 2. The fraction of sp³-hybridized carbons (Fsp3) is 0.438. The van der Waals surface area contributed by atoms with Crippen LogP contribution >= 0.6 is 0 Å². The standard InChI is InChI=1S/C16H23N3O/c1-3-4-10-19-11-9-18-16(19)13-17-12-14-5-7-15(20-2)8-6-14/h5-9,11,17H,3-4,10,12-13H2,1-2H3. The molecule has 0 aliphatic rings. The summed E-state index contributed by atoms with van der Waals surface area (Å²) >= 11 is 0. The van der Waals surface area contributed by atoms with Crippen molar-refractivity contribution in [2.24, 2.45) is 0 Å². The van der Waals surface area contributed by atoms with Crippen LogP contribution in [0.15, 0.2) is 36.7 Å². The molecule has 2 rings (SSSR count). The summed E-state index contributed by atoms with van der Waals surface area (Å²) in [5.41, 5.74) is 1.25. The van der Waals surface area contributed by atoms with E-state index in [1.54, 1.807) is 7.11 Å². The molecule has 1 aromatic carbocycles. The number of benzene rings is 1. The molecule has 4 nitrogen and oxygen atoms in total. The van der Waals surface area contributed by atoms with Crippen molar-refractivity contribution >= 4 is 0 Å². The fourth-order valence-corrected chi connectivity index (χ4v) is 2.10. The molecule has 0 aliphatic carbocycles. The van der Waals surface area contributed by atoms with Crippen LogP contribution in [0.5, 0.6) is 5.75 Å². The topological polar surface area (TPSA) is 39.1 Å². The predicted molar refractivity (Wildman–Crippen MR) is 80.7 cm³/mol. The summed E-state index contributed by atoms with van der Waals surface area (Å²) in [5.74, 6) is 2.00. The summed E-state index contributed by atoms with van der Waals surface area (Å²) in [6.45, 7) is 4.89. The Kier molecular flexibility index (Phi) is 5.62. The lowest BCUT2D eigenvalue weighted by molar-refractivity contribution is 0.414. The summed E-state index contributed by atoms with van der Waals surface area (Å²) in [4.78, 5) is 4.41. The highest BCUT2D eigenvalue weighted by atomic mass is 16.5. The van der Waals surface area contributed by atoms with Crippen molar-refractivity contribution in [1.29, 1.82) is 0 Å². The van der Waals surface area contributed by atoms with Gasteiger partial charge in [0.1, 0.15) is 11.6 Å². The number of nitrogens with one attached hydrogen (secondary N) is 1. The first-order chi connectivity index (χ1) is 9.83. The van der Waals surface area contributed by atoms with Gasteiger partial charge in [-0.1, -0.05) is 25.5 Å². The third kappa shape index (κ3) is 4.10. The smallest absolute Gasteiger partial charge is 0.122 e. The molecule has 0 saturated carbocycles. The van der Waals surface area contributed by atoms with Crippen LogP contribution in [0.1, 0.15) is 31.2 Å². The zero-order valence-corrected chi connectivity index (χ0v) is 12.3. The van der Waals surface area contributed by atoms with Crippen LogP contribution in [-0.4, -0.2) is 16.7 Å². The Morgan fingerprint density at radius 3 is 2.70 bits per heavy atom. The van der Waals surface area contributed by atoms with E-state index in [-0.39, 0.29) is 0 Å². The number of rotatable bonds is 8. The summed E-state index contributed by atoms with van der Waals surface area (Å²) in [6, 6.07) is 8.13. The highest BCUT2D eigenvalue weighted by Crippen LogP contribution is 2.11. The van der Waals surface area contributed by atoms with Crippen molar-refractivity contribution in [3.8, 4) is 5.75 Å². The number of methoxy groups -OCH3 is 1. The van der Waals surface area contributed by atoms with Crippen LogP contribution in [0.4, 0.5) is 0 Å². The largest absolute Gasteiger partial charge is 0.497 e. The molecule has 2 aromatic rings. The Bertz CT molecular complexity index is 505. The third-order valence-corrected chi connectivity index (χ3v) is 3.33. The number of aromatic nitrogens is 2. The molecule has 1 aromatic heterocycles. The molecule has 0 atom stereocenters. The van der Waals surface area contributed by atoms with Gasteiger partial charge in [0, 0.05) is 25.5 Å². The van der Waals surface area contributed by atoms with Gasteiger partial charge >= 0.3 is 0 Å². The maximum Gasteiger partial charge on any atom is 0.122 e. The van der Waals surface area contributed by atoms with Gasteiger partial charge in [-0.2, -0.15) is 0 Å². The average molecular weight is 273 g/mol. The van der Waals surface area contributed by atoms with Gasteiger partial charge in [-0.15, -0.1) is 0 Å². The Hall–Kier alpha value is -1.81. The molecule has 4 heteroatoms. The Morgan fingerprint density at radius 2 is 2.00 bits per heavy atom. The molecule has 0 radical (unpaired) electrons. The molecule has 1 heterocycles. The summed E-state index contributed by atoms with van der Waals surface area (Å²) < 4.78 is 7.38. The van der Waals surface area contributed by atoms with Crippen molar-refractivity contribution in [3.63, 3.8) is 0 Å². The second-order valence-corrected chi connectivity index (χ2v) is 4.84. The summed E-state index contributed by atoms with van der Waals surface area (Å²) in [6.07, 6.45) is 6.33. The average Bonchev–Trinajstić information content (AvgIpc) is 2.93. The van der Waals surface area contributed by atoms with Gasteiger partial charge in [0.05, 0.1) is 13.7 Å². The van der Waals surface area contributed by atoms with E-state index in [0.717, 1.165) is 31.2 Å². The summed E-state index contributed by atoms with van der Waals surface area (Å²) in [7, 11) is 1.68. The lowest BCUT2D eigenvalue weighted by Crippen LogP contribution is -2.16. The van der Waals surface area contributed by atoms with Crippen LogP contribution < -0.4 is 10.1 Å². The van der Waals surface area contributed by atoms with Crippen molar-refractivity contribution in [2.45, 2.75) is 39.4 Å². The minimum absolute atomic E-state index is 0.794. The Labute approximate surface area is 120 Å². The van der Waals surface area contributed by atoms with Crippen LogP contribution in [0.25, 0.3) is 0 Å². The second kappa shape index (κ2) is 7.70. The number of hydrogen-bond acceptors (Lipinski definition) is 3. The van der Waals surface area contributed by atoms with E-state index >= 15 is 0 Å². The van der Waals surface area contributed by atoms with E-state index in [2.05, 4.69) is 40.1 Å². The van der Waals surface area contributed by atoms with Gasteiger partial charge in [-0.05, 0) is 24.1 Å². The minimum Gasteiger partial charge on any atom is -0.497 e. The number of imidazole rings is 1. The molecule has 1 N–H and O–H groups in total. The molecule has 0 fully saturated rings. The monoisotopic (exact) mass is 273 g/mol. The number of unbranched alkanes of at least 4 members (excludes halogenated alkanes) is 1. The van der Waals surface area contributed by atoms with Crippen LogP contribution in [-0.2, 0) is 19.6 Å². The molecule has 0 aliphatic heterocycles. The van der Waals surface area contributed by atoms with Crippen molar-refractivity contribution in [1.82, 2.24) is 14.9 Å². The molecule has 0 bridgehead atoms. The number of aryl methyl sites for hydroxylation is 1. The molecular formula is C16H23N3O. The van der Waals surface area contributed by atoms with Crippen molar-refractivity contribution in [3.05, 3.63) is 48.0 Å². The third-order valence-electron chi connectivity index (χ3n) is 3.33. The van der Waals surface area contributed by atoms with E-state index in [1.807, 2.05) is 18.3 Å². The van der Waals surface area contributed by atoms with E-state index < -0.39 is 0 Å². The number of ether oxygens (including phenoxy) is 1. The van der Waals surface area contributed by atoms with E-state index in [9.17, 15) is 0 Å². The highest BCUT2D eigenvalue weighted by molar-refractivity contribution is 5.26.